The van der Waals surface area contributed by atoms with Gasteiger partial charge in [0.2, 0.25) is 15.4 Å². The van der Waals surface area contributed by atoms with Gasteiger partial charge in [-0.2, -0.15) is 4.31 Å². The van der Waals surface area contributed by atoms with Gasteiger partial charge in [0.1, 0.15) is 5.78 Å². The van der Waals surface area contributed by atoms with Gasteiger partial charge in [-0.15, -0.1) is 10.2 Å². The van der Waals surface area contributed by atoms with E-state index in [-0.39, 0.29) is 47.1 Å². The maximum absolute atomic E-state index is 12.2. The summed E-state index contributed by atoms with van der Waals surface area (Å²) in [4.78, 5) is 21.9. The van der Waals surface area contributed by atoms with E-state index in [1.54, 1.807) is 0 Å². The number of sulfonamides is 1. The third kappa shape index (κ3) is 3.14. The number of aromatic nitrogens is 2. The maximum Gasteiger partial charge on any atom is 0.272 e. The molecular weight excluding hydrogens is 292 g/mol. The molecule has 19 heavy (non-hydrogen) atoms. The van der Waals surface area contributed by atoms with Gasteiger partial charge in [-0.1, -0.05) is 11.3 Å². The molecule has 2 rings (SSSR count). The summed E-state index contributed by atoms with van der Waals surface area (Å²) in [6.45, 7) is 1.62. The number of carbonyl (C=O) groups is 2. The lowest BCUT2D eigenvalue weighted by Crippen LogP contribution is -2.38. The average molecular weight is 304 g/mol. The van der Waals surface area contributed by atoms with Gasteiger partial charge in [0.15, 0.2) is 0 Å². The van der Waals surface area contributed by atoms with E-state index in [9.17, 15) is 18.0 Å². The number of piperidine rings is 1. The van der Waals surface area contributed by atoms with Crippen LogP contribution in [0, 0.1) is 0 Å². The van der Waals surface area contributed by atoms with Crippen LogP contribution in [-0.2, 0) is 19.6 Å². The quantitative estimate of drug-likeness (QED) is 0.778. The van der Waals surface area contributed by atoms with Crippen LogP contribution in [0.4, 0.5) is 5.13 Å². The molecule has 0 aromatic carbocycles. The van der Waals surface area contributed by atoms with Gasteiger partial charge in [0, 0.05) is 32.9 Å². The first-order valence-electron chi connectivity index (χ1n) is 5.52. The van der Waals surface area contributed by atoms with E-state index >= 15 is 0 Å². The third-order valence-electron chi connectivity index (χ3n) is 2.53. The van der Waals surface area contributed by atoms with Crippen molar-refractivity contribution in [3.63, 3.8) is 0 Å². The molecule has 1 aliphatic rings. The van der Waals surface area contributed by atoms with Crippen molar-refractivity contribution in [2.75, 3.05) is 18.4 Å². The van der Waals surface area contributed by atoms with Gasteiger partial charge in [-0.25, -0.2) is 8.42 Å². The van der Waals surface area contributed by atoms with Crippen LogP contribution < -0.4 is 5.32 Å². The van der Waals surface area contributed by atoms with Crippen molar-refractivity contribution in [1.29, 1.82) is 0 Å². The molecule has 0 aliphatic carbocycles. The van der Waals surface area contributed by atoms with Crippen LogP contribution in [0.5, 0.6) is 0 Å². The molecule has 0 saturated carbocycles. The zero-order valence-electron chi connectivity index (χ0n) is 10.1. The van der Waals surface area contributed by atoms with Crippen LogP contribution >= 0.6 is 11.3 Å². The Hall–Kier alpha value is -1.39. The third-order valence-corrected chi connectivity index (χ3v) is 5.61. The smallest absolute Gasteiger partial charge is 0.272 e. The number of nitrogens with one attached hydrogen (secondary N) is 1. The lowest BCUT2D eigenvalue weighted by atomic mass is 10.1. The fourth-order valence-corrected chi connectivity index (χ4v) is 4.13. The van der Waals surface area contributed by atoms with Crippen LogP contribution in [0.3, 0.4) is 0 Å². The molecular formula is C9H12N4O4S2. The van der Waals surface area contributed by atoms with Gasteiger partial charge in [-0.05, 0) is 0 Å². The normalized spacial score (nSPS) is 17.4. The Morgan fingerprint density at radius 1 is 1.32 bits per heavy atom. The Kier molecular flexibility index (Phi) is 3.92. The summed E-state index contributed by atoms with van der Waals surface area (Å²) in [5.74, 6) is -0.286. The highest BCUT2D eigenvalue weighted by molar-refractivity contribution is 7.91. The van der Waals surface area contributed by atoms with Crippen molar-refractivity contribution >= 4 is 38.2 Å². The molecule has 1 N–H and O–H groups in total. The molecule has 1 saturated heterocycles. The van der Waals surface area contributed by atoms with Crippen LogP contribution in [0.15, 0.2) is 4.34 Å². The van der Waals surface area contributed by atoms with Crippen LogP contribution in [0.2, 0.25) is 0 Å². The molecule has 1 amide bonds. The number of nitrogens with zero attached hydrogens (tertiary/aromatic N) is 3. The van der Waals surface area contributed by atoms with E-state index in [4.69, 9.17) is 0 Å². The van der Waals surface area contributed by atoms with Gasteiger partial charge >= 0.3 is 0 Å². The predicted octanol–water partition coefficient (Wildman–Crippen LogP) is -0.150. The molecule has 1 aromatic rings. The number of carbonyl (C=O) groups excluding carboxylic acids is 2. The Morgan fingerprint density at radius 3 is 2.53 bits per heavy atom. The Labute approximate surface area is 113 Å². The van der Waals surface area contributed by atoms with Crippen molar-refractivity contribution in [3.05, 3.63) is 0 Å². The Bertz CT molecular complexity index is 599. The van der Waals surface area contributed by atoms with E-state index < -0.39 is 10.0 Å². The Morgan fingerprint density at radius 2 is 1.95 bits per heavy atom. The number of amides is 1. The van der Waals surface area contributed by atoms with Crippen LogP contribution in [0.25, 0.3) is 0 Å². The molecule has 0 bridgehead atoms. The van der Waals surface area contributed by atoms with Gasteiger partial charge < -0.3 is 5.32 Å². The molecule has 0 spiro atoms. The van der Waals surface area contributed by atoms with Crippen LogP contribution in [-0.4, -0.2) is 47.7 Å². The number of ketones is 1. The largest absolute Gasteiger partial charge is 0.301 e. The summed E-state index contributed by atoms with van der Waals surface area (Å²) < 4.78 is 25.4. The molecule has 8 nitrogen and oxygen atoms in total. The highest BCUT2D eigenvalue weighted by atomic mass is 32.2. The van der Waals surface area contributed by atoms with E-state index in [2.05, 4.69) is 15.5 Å². The lowest BCUT2D eigenvalue weighted by molar-refractivity contribution is -0.120. The topological polar surface area (TPSA) is 109 Å². The summed E-state index contributed by atoms with van der Waals surface area (Å²) in [6.07, 6.45) is 0.438. The first kappa shape index (κ1) is 14.0. The minimum absolute atomic E-state index is 0.0580. The first-order valence-corrected chi connectivity index (χ1v) is 7.78. The lowest BCUT2D eigenvalue weighted by Gasteiger charge is -2.23. The van der Waals surface area contributed by atoms with Crippen molar-refractivity contribution in [1.82, 2.24) is 14.5 Å². The zero-order chi connectivity index (χ0) is 14.0. The molecule has 0 radical (unpaired) electrons. The fourth-order valence-electron chi connectivity index (χ4n) is 1.60. The molecule has 0 atom stereocenters. The summed E-state index contributed by atoms with van der Waals surface area (Å²) in [5.41, 5.74) is 0. The van der Waals surface area contributed by atoms with Gasteiger partial charge in [-0.3, -0.25) is 9.59 Å². The second kappa shape index (κ2) is 5.31. The van der Waals surface area contributed by atoms with Crippen molar-refractivity contribution in [3.8, 4) is 0 Å². The highest BCUT2D eigenvalue weighted by Gasteiger charge is 2.31. The average Bonchev–Trinajstić information content (AvgIpc) is 2.78. The summed E-state index contributed by atoms with van der Waals surface area (Å²) in [7, 11) is -3.73. The molecule has 2 heterocycles. The minimum atomic E-state index is -3.73. The summed E-state index contributed by atoms with van der Waals surface area (Å²) in [6, 6.07) is 0. The standard InChI is InChI=1S/C9H12N4O4S2/c1-6(14)10-8-11-12-9(18-8)19(16,17)13-4-2-7(15)3-5-13/h2-5H2,1H3,(H,10,11,14). The molecule has 1 aliphatic heterocycles. The summed E-state index contributed by atoms with van der Waals surface area (Å²) in [5, 5.41) is 9.68. The number of rotatable bonds is 3. The van der Waals surface area contributed by atoms with Crippen molar-refractivity contribution in [2.24, 2.45) is 0 Å². The molecule has 0 unspecified atom stereocenters. The monoisotopic (exact) mass is 304 g/mol. The minimum Gasteiger partial charge on any atom is -0.301 e. The summed E-state index contributed by atoms with van der Waals surface area (Å²) >= 11 is 0.794. The van der Waals surface area contributed by atoms with E-state index in [1.807, 2.05) is 0 Å². The van der Waals surface area contributed by atoms with E-state index in [0.29, 0.717) is 0 Å². The van der Waals surface area contributed by atoms with E-state index in [1.165, 1.54) is 11.2 Å². The molecule has 104 valence electrons. The Balaban J connectivity index is 2.17. The number of hydrogen-bond acceptors (Lipinski definition) is 7. The number of Topliss-reactive ketones (excluding diaryl/α,β-unsaturated/α-hetero) is 1. The molecule has 10 heteroatoms. The molecule has 1 fully saturated rings. The van der Waals surface area contributed by atoms with Crippen molar-refractivity contribution in [2.45, 2.75) is 24.1 Å². The molecule has 1 aromatic heterocycles. The second-order valence-corrected chi connectivity index (χ2v) is 7.09. The van der Waals surface area contributed by atoms with Crippen molar-refractivity contribution < 1.29 is 18.0 Å². The highest BCUT2D eigenvalue weighted by Crippen LogP contribution is 2.24. The fraction of sp³-hybridized carbons (Fsp3) is 0.556. The first-order chi connectivity index (χ1) is 8.89. The predicted molar refractivity (Wildman–Crippen MR) is 67.2 cm³/mol. The van der Waals surface area contributed by atoms with Crippen LogP contribution in [0.1, 0.15) is 19.8 Å². The SMILES string of the molecule is CC(=O)Nc1nnc(S(=O)(=O)N2CCC(=O)CC2)s1. The van der Waals surface area contributed by atoms with Gasteiger partial charge in [0.25, 0.3) is 10.0 Å². The number of hydrogen-bond donors (Lipinski definition) is 1. The van der Waals surface area contributed by atoms with E-state index in [0.717, 1.165) is 11.3 Å². The maximum atomic E-state index is 12.2. The number of anilines is 1. The van der Waals surface area contributed by atoms with Gasteiger partial charge in [0.05, 0.1) is 0 Å². The second-order valence-electron chi connectivity index (χ2n) is 4.00. The zero-order valence-corrected chi connectivity index (χ0v) is 11.8.